The Hall–Kier alpha value is -3.13. The van der Waals surface area contributed by atoms with E-state index in [0.717, 1.165) is 54.1 Å². The molecule has 0 spiro atoms. The van der Waals surface area contributed by atoms with Crippen LogP contribution in [0.5, 0.6) is 0 Å². The molecule has 0 radical (unpaired) electrons. The topological polar surface area (TPSA) is 86.8 Å². The number of hydrogen-bond acceptors (Lipinski definition) is 5. The lowest BCUT2D eigenvalue weighted by atomic mass is 9.82. The average molecular weight is 492 g/mol. The Kier molecular flexibility index (Phi) is 7.14. The van der Waals surface area contributed by atoms with Crippen molar-refractivity contribution in [2.45, 2.75) is 64.6 Å². The third kappa shape index (κ3) is 5.05. The maximum absolute atomic E-state index is 13.9. The molecule has 192 valence electrons. The van der Waals surface area contributed by atoms with Gasteiger partial charge in [-0.3, -0.25) is 4.79 Å². The molecule has 3 unspecified atom stereocenters. The number of carbonyl (C=O) groups is 2. The van der Waals surface area contributed by atoms with Crippen molar-refractivity contribution in [2.75, 3.05) is 36.5 Å². The van der Waals surface area contributed by atoms with Gasteiger partial charge in [-0.25, -0.2) is 9.78 Å². The summed E-state index contributed by atoms with van der Waals surface area (Å²) in [6, 6.07) is 12.4. The molecule has 3 aliphatic rings. The van der Waals surface area contributed by atoms with Crippen LogP contribution in [-0.4, -0.2) is 60.2 Å². The molecule has 1 aromatic heterocycles. The summed E-state index contributed by atoms with van der Waals surface area (Å²) in [5.41, 5.74) is 4.00. The Balaban J connectivity index is 1.39. The van der Waals surface area contributed by atoms with Crippen LogP contribution in [0.4, 0.5) is 16.3 Å². The number of nitrogens with one attached hydrogen (secondary N) is 2. The fourth-order valence-electron chi connectivity index (χ4n) is 5.66. The number of piperidine rings is 1. The summed E-state index contributed by atoms with van der Waals surface area (Å²) < 4.78 is 5.69. The highest BCUT2D eigenvalue weighted by atomic mass is 16.5. The minimum Gasteiger partial charge on any atom is -0.381 e. The molecule has 0 aliphatic carbocycles. The fraction of sp³-hybridized carbons (Fsp3) is 0.536. The molecule has 8 nitrogen and oxygen atoms in total. The molecule has 0 bridgehead atoms. The quantitative estimate of drug-likeness (QED) is 0.659. The molecule has 3 aliphatic heterocycles. The van der Waals surface area contributed by atoms with Gasteiger partial charge in [0.25, 0.3) is 0 Å². The van der Waals surface area contributed by atoms with Gasteiger partial charge in [-0.2, -0.15) is 0 Å². The molecule has 0 saturated carbocycles. The molecule has 2 fully saturated rings. The van der Waals surface area contributed by atoms with Gasteiger partial charge >= 0.3 is 6.03 Å². The SMILES string of the molecule is Cc1ccccc1N1Cc2ccc(NC3CCCN(C(=O)NC(C)C)C3)nc2C(C2CCOC2)C1=O. The molecule has 1 aromatic carbocycles. The Morgan fingerprint density at radius 1 is 1.17 bits per heavy atom. The van der Waals surface area contributed by atoms with Crippen LogP contribution in [0.25, 0.3) is 0 Å². The second-order valence-corrected chi connectivity index (χ2v) is 10.6. The molecule has 5 rings (SSSR count). The monoisotopic (exact) mass is 491 g/mol. The van der Waals surface area contributed by atoms with Crippen LogP contribution in [0.3, 0.4) is 0 Å². The molecular formula is C28H37N5O3. The number of para-hydroxylation sites is 1. The lowest BCUT2D eigenvalue weighted by Gasteiger charge is -2.37. The minimum atomic E-state index is -0.322. The largest absolute Gasteiger partial charge is 0.381 e. The summed E-state index contributed by atoms with van der Waals surface area (Å²) in [6.45, 7) is 9.18. The molecular weight excluding hydrogens is 454 g/mol. The maximum atomic E-state index is 13.9. The number of amides is 3. The van der Waals surface area contributed by atoms with Crippen LogP contribution in [-0.2, 0) is 16.1 Å². The lowest BCUT2D eigenvalue weighted by molar-refractivity contribution is -0.122. The summed E-state index contributed by atoms with van der Waals surface area (Å²) in [6.07, 6.45) is 2.78. The number of likely N-dealkylation sites (tertiary alicyclic amines) is 1. The number of urea groups is 1. The summed E-state index contributed by atoms with van der Waals surface area (Å²) in [4.78, 5) is 35.2. The second kappa shape index (κ2) is 10.5. The van der Waals surface area contributed by atoms with E-state index in [9.17, 15) is 9.59 Å². The van der Waals surface area contributed by atoms with Crippen molar-refractivity contribution in [3.63, 3.8) is 0 Å². The summed E-state index contributed by atoms with van der Waals surface area (Å²) in [5, 5.41) is 6.55. The van der Waals surface area contributed by atoms with Crippen LogP contribution in [0.2, 0.25) is 0 Å². The van der Waals surface area contributed by atoms with Crippen LogP contribution in [0.15, 0.2) is 36.4 Å². The Morgan fingerprint density at radius 2 is 2.00 bits per heavy atom. The zero-order valence-corrected chi connectivity index (χ0v) is 21.5. The lowest BCUT2D eigenvalue weighted by Crippen LogP contribution is -2.50. The zero-order valence-electron chi connectivity index (χ0n) is 21.5. The van der Waals surface area contributed by atoms with Crippen molar-refractivity contribution in [3.05, 3.63) is 53.2 Å². The summed E-state index contributed by atoms with van der Waals surface area (Å²) in [7, 11) is 0. The van der Waals surface area contributed by atoms with E-state index in [1.54, 1.807) is 0 Å². The highest BCUT2D eigenvalue weighted by Crippen LogP contribution is 2.40. The first-order valence-corrected chi connectivity index (χ1v) is 13.2. The number of pyridine rings is 1. The maximum Gasteiger partial charge on any atom is 0.317 e. The highest BCUT2D eigenvalue weighted by molar-refractivity contribution is 6.00. The molecule has 2 aromatic rings. The van der Waals surface area contributed by atoms with E-state index < -0.39 is 0 Å². The number of aromatic nitrogens is 1. The number of benzene rings is 1. The third-order valence-electron chi connectivity index (χ3n) is 7.48. The number of ether oxygens (including phenoxy) is 1. The average Bonchev–Trinajstić information content (AvgIpc) is 3.38. The molecule has 2 saturated heterocycles. The number of hydrogen-bond donors (Lipinski definition) is 2. The Bertz CT molecular complexity index is 1110. The predicted molar refractivity (Wildman–Crippen MR) is 140 cm³/mol. The van der Waals surface area contributed by atoms with Crippen molar-refractivity contribution >= 4 is 23.4 Å². The second-order valence-electron chi connectivity index (χ2n) is 10.6. The van der Waals surface area contributed by atoms with Gasteiger partial charge in [0, 0.05) is 43.4 Å². The number of nitrogens with zero attached hydrogens (tertiary/aromatic N) is 3. The van der Waals surface area contributed by atoms with Crippen molar-refractivity contribution in [1.29, 1.82) is 0 Å². The van der Waals surface area contributed by atoms with E-state index in [0.29, 0.717) is 26.3 Å². The van der Waals surface area contributed by atoms with E-state index in [4.69, 9.17) is 9.72 Å². The first-order chi connectivity index (χ1) is 17.4. The number of carbonyl (C=O) groups excluding carboxylic acids is 2. The van der Waals surface area contributed by atoms with Gasteiger partial charge < -0.3 is 25.2 Å². The fourth-order valence-corrected chi connectivity index (χ4v) is 5.66. The molecule has 2 N–H and O–H groups in total. The predicted octanol–water partition coefficient (Wildman–Crippen LogP) is 4.05. The Labute approximate surface area is 213 Å². The van der Waals surface area contributed by atoms with Gasteiger partial charge in [-0.05, 0) is 63.3 Å². The van der Waals surface area contributed by atoms with E-state index in [1.807, 2.05) is 60.9 Å². The van der Waals surface area contributed by atoms with E-state index >= 15 is 0 Å². The molecule has 36 heavy (non-hydrogen) atoms. The number of rotatable bonds is 5. The number of anilines is 2. The van der Waals surface area contributed by atoms with Gasteiger partial charge in [-0.15, -0.1) is 0 Å². The van der Waals surface area contributed by atoms with Gasteiger partial charge in [0.15, 0.2) is 0 Å². The van der Waals surface area contributed by atoms with E-state index in [2.05, 4.69) is 16.7 Å². The van der Waals surface area contributed by atoms with Crippen molar-refractivity contribution in [3.8, 4) is 0 Å². The third-order valence-corrected chi connectivity index (χ3v) is 7.48. The minimum absolute atomic E-state index is 0.0157. The zero-order chi connectivity index (χ0) is 25.2. The van der Waals surface area contributed by atoms with Crippen molar-refractivity contribution in [2.24, 2.45) is 5.92 Å². The standard InChI is InChI=1S/C28H37N5O3/c1-18(2)29-28(35)32-13-6-8-22(16-32)30-24-11-10-20-15-33(23-9-5-4-7-19(23)3)27(34)25(26(20)31-24)21-12-14-36-17-21/h4-5,7,9-11,18,21-22,25H,6,8,12-17H2,1-3H3,(H,29,35)(H,30,31). The molecule has 3 atom stereocenters. The van der Waals surface area contributed by atoms with Gasteiger partial charge in [0.1, 0.15) is 5.82 Å². The van der Waals surface area contributed by atoms with Crippen LogP contribution < -0.4 is 15.5 Å². The first-order valence-electron chi connectivity index (χ1n) is 13.2. The molecule has 4 heterocycles. The van der Waals surface area contributed by atoms with Gasteiger partial charge in [0.05, 0.1) is 24.8 Å². The van der Waals surface area contributed by atoms with Crippen LogP contribution >= 0.6 is 0 Å². The Morgan fingerprint density at radius 3 is 2.75 bits per heavy atom. The normalized spacial score (nSPS) is 24.1. The van der Waals surface area contributed by atoms with Crippen molar-refractivity contribution in [1.82, 2.24) is 15.2 Å². The van der Waals surface area contributed by atoms with Crippen LogP contribution in [0.1, 0.15) is 55.8 Å². The molecule has 3 amide bonds. The summed E-state index contributed by atoms with van der Waals surface area (Å²) >= 11 is 0. The van der Waals surface area contributed by atoms with Gasteiger partial charge in [-0.1, -0.05) is 24.3 Å². The first kappa shape index (κ1) is 24.6. The van der Waals surface area contributed by atoms with Crippen LogP contribution in [0, 0.1) is 12.8 Å². The van der Waals surface area contributed by atoms with E-state index in [1.165, 1.54) is 0 Å². The number of fused-ring (bicyclic) bond motifs is 1. The van der Waals surface area contributed by atoms with E-state index in [-0.39, 0.29) is 35.9 Å². The smallest absolute Gasteiger partial charge is 0.317 e. The van der Waals surface area contributed by atoms with Gasteiger partial charge in [0.2, 0.25) is 5.91 Å². The van der Waals surface area contributed by atoms with Crippen molar-refractivity contribution < 1.29 is 14.3 Å². The number of aryl methyl sites for hydroxylation is 1. The highest BCUT2D eigenvalue weighted by Gasteiger charge is 2.42. The molecule has 8 heteroatoms. The summed E-state index contributed by atoms with van der Waals surface area (Å²) in [5.74, 6) is 0.671.